The van der Waals surface area contributed by atoms with Gasteiger partial charge in [0.05, 0.1) is 32.7 Å². The zero-order chi connectivity index (χ0) is 29.1. The molecule has 0 spiro atoms. The summed E-state index contributed by atoms with van der Waals surface area (Å²) in [5.74, 6) is -0.541. The predicted octanol–water partition coefficient (Wildman–Crippen LogP) is 3.56. The summed E-state index contributed by atoms with van der Waals surface area (Å²) in [5, 5.41) is 11.8. The first-order valence-corrected chi connectivity index (χ1v) is 14.7. The van der Waals surface area contributed by atoms with Gasteiger partial charge < -0.3 is 19.3 Å². The molecule has 0 aliphatic carbocycles. The second-order valence-electron chi connectivity index (χ2n) is 9.11. The minimum absolute atomic E-state index is 0.0397. The van der Waals surface area contributed by atoms with E-state index in [1.54, 1.807) is 29.0 Å². The summed E-state index contributed by atoms with van der Waals surface area (Å²) in [4.78, 5) is 39.9. The highest BCUT2D eigenvalue weighted by molar-refractivity contribution is 7.90. The number of halogens is 1. The van der Waals surface area contributed by atoms with Crippen LogP contribution in [0, 0.1) is 15.9 Å². The fourth-order valence-electron chi connectivity index (χ4n) is 4.46. The third-order valence-corrected chi connectivity index (χ3v) is 8.90. The molecule has 2 aliphatic heterocycles. The zero-order valence-corrected chi connectivity index (χ0v) is 23.0. The molecule has 2 saturated heterocycles. The van der Waals surface area contributed by atoms with E-state index in [1.807, 2.05) is 9.80 Å². The van der Waals surface area contributed by atoms with Gasteiger partial charge >= 0.3 is 17.2 Å². The Morgan fingerprint density at radius 1 is 1.10 bits per heavy atom. The van der Waals surface area contributed by atoms with E-state index in [0.29, 0.717) is 31.9 Å². The molecule has 2 amide bonds. The summed E-state index contributed by atoms with van der Waals surface area (Å²) in [6, 6.07) is 14.8. The van der Waals surface area contributed by atoms with Crippen LogP contribution in [-0.2, 0) is 19.5 Å². The lowest BCUT2D eigenvalue weighted by molar-refractivity contribution is -0.380. The van der Waals surface area contributed by atoms with Crippen molar-refractivity contribution in [2.45, 2.75) is 11.0 Å². The first-order chi connectivity index (χ1) is 19.6. The number of nitro groups is 1. The molecule has 216 valence electrons. The quantitative estimate of drug-likeness (QED) is 0.298. The van der Waals surface area contributed by atoms with E-state index >= 15 is 4.39 Å². The summed E-state index contributed by atoms with van der Waals surface area (Å²) in [6.45, 7) is 1.65. The summed E-state index contributed by atoms with van der Waals surface area (Å²) in [5.41, 5.74) is 0.605. The molecule has 1 N–H and O–H groups in total. The topological polar surface area (TPSA) is 152 Å². The van der Waals surface area contributed by atoms with Crippen LogP contribution in [0.2, 0.25) is 0 Å². The first kappa shape index (κ1) is 28.1. The van der Waals surface area contributed by atoms with Gasteiger partial charge in [0.2, 0.25) is 0 Å². The van der Waals surface area contributed by atoms with Gasteiger partial charge in [0.1, 0.15) is 12.4 Å². The Balaban J connectivity index is 1.14. The molecular weight excluding hydrogens is 581 g/mol. The molecule has 3 heterocycles. The molecule has 3 aromatic rings. The number of amides is 2. The van der Waals surface area contributed by atoms with Crippen LogP contribution in [0.3, 0.4) is 0 Å². The predicted molar refractivity (Wildman–Crippen MR) is 148 cm³/mol. The minimum Gasteiger partial charge on any atom is -0.445 e. The maximum atomic E-state index is 15.1. The lowest BCUT2D eigenvalue weighted by Gasteiger charge is -2.36. The second-order valence-corrected chi connectivity index (χ2v) is 11.8. The van der Waals surface area contributed by atoms with Crippen LogP contribution < -0.4 is 19.4 Å². The van der Waals surface area contributed by atoms with Crippen molar-refractivity contribution in [1.29, 1.82) is 0 Å². The normalized spacial score (nSPS) is 17.3. The van der Waals surface area contributed by atoms with Gasteiger partial charge in [-0.2, -0.15) is 0 Å². The van der Waals surface area contributed by atoms with Gasteiger partial charge in [-0.1, -0.05) is 18.2 Å². The van der Waals surface area contributed by atoms with E-state index in [1.165, 1.54) is 41.3 Å². The number of carbonyl (C=O) groups excluding carboxylic acids is 2. The maximum Gasteiger partial charge on any atom is 0.421 e. The highest BCUT2D eigenvalue weighted by Crippen LogP contribution is 2.33. The van der Waals surface area contributed by atoms with Gasteiger partial charge in [-0.05, 0) is 47.7 Å². The molecule has 41 heavy (non-hydrogen) atoms. The number of benzene rings is 2. The van der Waals surface area contributed by atoms with E-state index in [4.69, 9.17) is 9.47 Å². The highest BCUT2D eigenvalue weighted by atomic mass is 32.2. The molecule has 2 fully saturated rings. The third-order valence-electron chi connectivity index (χ3n) is 6.48. The third kappa shape index (κ3) is 6.33. The number of piperazine rings is 1. The van der Waals surface area contributed by atoms with Gasteiger partial charge in [0.15, 0.2) is 6.10 Å². The van der Waals surface area contributed by atoms with Crippen molar-refractivity contribution in [3.8, 4) is 0 Å². The summed E-state index contributed by atoms with van der Waals surface area (Å²) >= 11 is 1.10. The summed E-state index contributed by atoms with van der Waals surface area (Å²) < 4.78 is 51.5. The Hall–Kier alpha value is -4.44. The van der Waals surface area contributed by atoms with E-state index in [9.17, 15) is 28.1 Å². The van der Waals surface area contributed by atoms with Gasteiger partial charge in [-0.25, -0.2) is 27.1 Å². The van der Waals surface area contributed by atoms with Crippen molar-refractivity contribution in [2.75, 3.05) is 54.0 Å². The number of ether oxygens (including phenoxy) is 2. The first-order valence-electron chi connectivity index (χ1n) is 12.4. The van der Waals surface area contributed by atoms with Crippen molar-refractivity contribution >= 4 is 54.9 Å². The average Bonchev–Trinajstić information content (AvgIpc) is 3.60. The number of rotatable bonds is 8. The Morgan fingerprint density at radius 2 is 1.80 bits per heavy atom. The lowest BCUT2D eigenvalue weighted by atomic mass is 10.2. The number of thiophene rings is 1. The van der Waals surface area contributed by atoms with E-state index < -0.39 is 45.7 Å². The van der Waals surface area contributed by atoms with E-state index in [-0.39, 0.29) is 22.1 Å². The lowest BCUT2D eigenvalue weighted by Crippen LogP contribution is -2.46. The average molecular weight is 606 g/mol. The number of sulfonamides is 1. The molecule has 2 aromatic carbocycles. The minimum atomic E-state index is -4.12. The molecule has 0 bridgehead atoms. The van der Waals surface area contributed by atoms with E-state index in [2.05, 4.69) is 0 Å². The van der Waals surface area contributed by atoms with Crippen LogP contribution in [-0.4, -0.2) is 71.0 Å². The number of nitrogens with one attached hydrogen (secondary N) is 1. The number of hydrogen-bond donors (Lipinski definition) is 1. The molecule has 0 unspecified atom stereocenters. The Morgan fingerprint density at radius 3 is 2.46 bits per heavy atom. The second kappa shape index (κ2) is 11.6. The molecule has 0 saturated carbocycles. The standard InChI is InChI=1S/C25H24FN5O8S2/c26-20-14-17(6-7-21(20)28-10-12-29(13-11-28)22-8-9-23(40-22)31(34)35)30-15-18(39-25(30)33)16-38-24(32)27-41(36,37)19-4-2-1-3-5-19/h1-9,14,18H,10-13,15-16H2,(H,27,32)/t18-/m1/s1. The van der Waals surface area contributed by atoms with Gasteiger partial charge in [-0.15, -0.1) is 0 Å². The SMILES string of the molecule is O=C(NS(=O)(=O)c1ccccc1)OC[C@H]1CN(c2ccc(N3CCN(c4ccc([N+](=O)[O-])s4)CC3)c(F)c2)C(=O)O1. The summed E-state index contributed by atoms with van der Waals surface area (Å²) in [6.07, 6.45) is -2.88. The maximum absolute atomic E-state index is 15.1. The highest BCUT2D eigenvalue weighted by Gasteiger charge is 2.34. The molecule has 0 radical (unpaired) electrons. The number of hydrogen-bond acceptors (Lipinski definition) is 11. The van der Waals surface area contributed by atoms with Crippen LogP contribution in [0.15, 0.2) is 65.6 Å². The molecular formula is C25H24FN5O8S2. The van der Waals surface area contributed by atoms with Gasteiger partial charge in [0, 0.05) is 32.2 Å². The Kier molecular flexibility index (Phi) is 7.94. The van der Waals surface area contributed by atoms with Crippen LogP contribution in [0.25, 0.3) is 0 Å². The summed E-state index contributed by atoms with van der Waals surface area (Å²) in [7, 11) is -4.12. The van der Waals surface area contributed by atoms with Gasteiger partial charge in [0.25, 0.3) is 10.0 Å². The van der Waals surface area contributed by atoms with Crippen molar-refractivity contribution in [3.63, 3.8) is 0 Å². The van der Waals surface area contributed by atoms with Gasteiger partial charge in [-0.3, -0.25) is 15.0 Å². The molecule has 1 atom stereocenters. The van der Waals surface area contributed by atoms with Crippen molar-refractivity contribution < 1.29 is 36.8 Å². The number of cyclic esters (lactones) is 1. The van der Waals surface area contributed by atoms with Crippen molar-refractivity contribution in [2.24, 2.45) is 0 Å². The van der Waals surface area contributed by atoms with E-state index in [0.717, 1.165) is 16.3 Å². The Bertz CT molecular complexity index is 1560. The molecule has 2 aliphatic rings. The van der Waals surface area contributed by atoms with Crippen LogP contribution in [0.1, 0.15) is 0 Å². The van der Waals surface area contributed by atoms with Crippen LogP contribution in [0.4, 0.5) is 35.4 Å². The van der Waals surface area contributed by atoms with Crippen LogP contribution >= 0.6 is 11.3 Å². The zero-order valence-electron chi connectivity index (χ0n) is 21.3. The Labute approximate surface area is 237 Å². The number of nitrogens with zero attached hydrogens (tertiary/aromatic N) is 4. The molecule has 16 heteroatoms. The monoisotopic (exact) mass is 605 g/mol. The number of carbonyl (C=O) groups is 2. The molecule has 1 aromatic heterocycles. The number of anilines is 3. The van der Waals surface area contributed by atoms with Crippen molar-refractivity contribution in [1.82, 2.24) is 4.72 Å². The van der Waals surface area contributed by atoms with Crippen LogP contribution in [0.5, 0.6) is 0 Å². The fourth-order valence-corrected chi connectivity index (χ4v) is 6.24. The molecule has 5 rings (SSSR count). The largest absolute Gasteiger partial charge is 0.445 e. The fraction of sp³-hybridized carbons (Fsp3) is 0.280. The molecule has 13 nitrogen and oxygen atoms in total. The van der Waals surface area contributed by atoms with Crippen molar-refractivity contribution in [3.05, 3.63) is 76.6 Å². The smallest absolute Gasteiger partial charge is 0.421 e.